The number of rotatable bonds is 7. The Hall–Kier alpha value is -0.910. The van der Waals surface area contributed by atoms with Gasteiger partial charge in [0.2, 0.25) is 0 Å². The average molecular weight is 256 g/mol. The lowest BCUT2D eigenvalue weighted by Crippen LogP contribution is -2.28. The Labute approximate surface area is 106 Å². The maximum atomic E-state index is 10.8. The minimum absolute atomic E-state index is 0.421. The van der Waals surface area contributed by atoms with Gasteiger partial charge in [-0.1, -0.05) is 6.92 Å². The quantitative estimate of drug-likeness (QED) is 0.730. The average Bonchev–Trinajstić information content (AvgIpc) is 2.66. The molecule has 0 atom stereocenters. The number of nitrogens with one attached hydrogen (secondary N) is 1. The summed E-state index contributed by atoms with van der Waals surface area (Å²) in [4.78, 5) is 14.5. The topological polar surface area (TPSA) is 52.6 Å². The van der Waals surface area contributed by atoms with E-state index in [0.29, 0.717) is 4.88 Å². The largest absolute Gasteiger partial charge is 0.477 e. The second-order valence-corrected chi connectivity index (χ2v) is 5.33. The van der Waals surface area contributed by atoms with Crippen molar-refractivity contribution < 1.29 is 9.90 Å². The first-order valence-electron chi connectivity index (χ1n) is 5.76. The molecule has 2 N–H and O–H groups in total. The van der Waals surface area contributed by atoms with E-state index in [2.05, 4.69) is 24.2 Å². The van der Waals surface area contributed by atoms with Gasteiger partial charge in [-0.3, -0.25) is 0 Å². The van der Waals surface area contributed by atoms with Gasteiger partial charge in [-0.25, -0.2) is 4.79 Å². The summed E-state index contributed by atoms with van der Waals surface area (Å²) in [6.07, 6.45) is 0. The molecule has 0 bridgehead atoms. The maximum absolute atomic E-state index is 10.8. The summed E-state index contributed by atoms with van der Waals surface area (Å²) in [5, 5.41) is 12.2. The molecule has 0 saturated carbocycles. The second-order valence-electron chi connectivity index (χ2n) is 4.07. The second kappa shape index (κ2) is 6.74. The molecule has 5 heteroatoms. The zero-order valence-electron chi connectivity index (χ0n) is 10.6. The Kier molecular flexibility index (Phi) is 5.61. The van der Waals surface area contributed by atoms with Gasteiger partial charge in [0.05, 0.1) is 0 Å². The summed E-state index contributed by atoms with van der Waals surface area (Å²) in [5.74, 6) is -0.838. The predicted octanol–water partition coefficient (Wildman–Crippen LogP) is 1.80. The Balaban J connectivity index is 2.39. The molecule has 0 radical (unpaired) electrons. The number of hydrogen-bond acceptors (Lipinski definition) is 4. The predicted molar refractivity (Wildman–Crippen MR) is 70.9 cm³/mol. The van der Waals surface area contributed by atoms with Crippen LogP contribution in [-0.4, -0.2) is 42.7 Å². The number of likely N-dealkylation sites (N-methyl/N-ethyl adjacent to an activating group) is 1. The molecule has 0 aromatic carbocycles. The lowest BCUT2D eigenvalue weighted by Gasteiger charge is -2.13. The smallest absolute Gasteiger partial charge is 0.345 e. The Morgan fingerprint density at radius 1 is 1.59 bits per heavy atom. The number of hydrogen-bond donors (Lipinski definition) is 2. The van der Waals surface area contributed by atoms with Gasteiger partial charge in [-0.05, 0) is 32.1 Å². The summed E-state index contributed by atoms with van der Waals surface area (Å²) in [7, 11) is 2.08. The summed E-state index contributed by atoms with van der Waals surface area (Å²) in [6.45, 7) is 7.80. The number of aryl methyl sites for hydroxylation is 1. The molecule has 1 aromatic heterocycles. The summed E-state index contributed by atoms with van der Waals surface area (Å²) < 4.78 is 0. The molecule has 0 aliphatic heterocycles. The molecule has 0 amide bonds. The fourth-order valence-electron chi connectivity index (χ4n) is 1.45. The van der Waals surface area contributed by atoms with E-state index in [9.17, 15) is 4.79 Å². The molecule has 1 heterocycles. The Morgan fingerprint density at radius 2 is 2.29 bits per heavy atom. The molecule has 0 aliphatic carbocycles. The fourth-order valence-corrected chi connectivity index (χ4v) is 2.33. The van der Waals surface area contributed by atoms with Crippen LogP contribution in [0.15, 0.2) is 6.07 Å². The number of carbonyl (C=O) groups is 1. The van der Waals surface area contributed by atoms with Gasteiger partial charge in [-0.2, -0.15) is 0 Å². The van der Waals surface area contributed by atoms with Crippen molar-refractivity contribution in [2.45, 2.75) is 20.4 Å². The van der Waals surface area contributed by atoms with Crippen LogP contribution in [0, 0.1) is 6.92 Å². The molecule has 96 valence electrons. The minimum atomic E-state index is -0.838. The van der Waals surface area contributed by atoms with Crippen LogP contribution in [-0.2, 0) is 6.54 Å². The van der Waals surface area contributed by atoms with Crippen LogP contribution in [0.4, 0.5) is 0 Å². The molecule has 17 heavy (non-hydrogen) atoms. The van der Waals surface area contributed by atoms with Gasteiger partial charge in [0, 0.05) is 24.5 Å². The van der Waals surface area contributed by atoms with Gasteiger partial charge in [0.25, 0.3) is 0 Å². The van der Waals surface area contributed by atoms with Crippen molar-refractivity contribution in [3.8, 4) is 0 Å². The first-order chi connectivity index (χ1) is 8.04. The number of aromatic carboxylic acids is 1. The monoisotopic (exact) mass is 256 g/mol. The molecular weight excluding hydrogens is 236 g/mol. The van der Waals surface area contributed by atoms with Crippen LogP contribution < -0.4 is 5.32 Å². The van der Waals surface area contributed by atoms with Crippen molar-refractivity contribution in [2.75, 3.05) is 26.7 Å². The van der Waals surface area contributed by atoms with Crippen LogP contribution in [0.25, 0.3) is 0 Å². The van der Waals surface area contributed by atoms with Crippen LogP contribution in [0.5, 0.6) is 0 Å². The molecule has 0 fully saturated rings. The maximum Gasteiger partial charge on any atom is 0.345 e. The van der Waals surface area contributed by atoms with Crippen molar-refractivity contribution >= 4 is 17.3 Å². The standard InChI is InChI=1S/C12H20N2O2S/c1-4-14(3)6-5-13-8-10-7-11(12(15)16)17-9(10)2/h7,13H,4-6,8H2,1-3H3,(H,15,16). The first kappa shape index (κ1) is 14.2. The normalized spacial score (nSPS) is 11.1. The summed E-state index contributed by atoms with van der Waals surface area (Å²) in [6, 6.07) is 1.76. The van der Waals surface area contributed by atoms with Gasteiger partial charge in [0.15, 0.2) is 0 Å². The third-order valence-corrected chi connectivity index (χ3v) is 3.84. The van der Waals surface area contributed by atoms with Crippen molar-refractivity contribution in [3.63, 3.8) is 0 Å². The molecule has 1 aromatic rings. The third-order valence-electron chi connectivity index (χ3n) is 2.76. The molecule has 0 spiro atoms. The van der Waals surface area contributed by atoms with Gasteiger partial charge < -0.3 is 15.3 Å². The van der Waals surface area contributed by atoms with Gasteiger partial charge in [0.1, 0.15) is 4.88 Å². The molecular formula is C12H20N2O2S. The highest BCUT2D eigenvalue weighted by atomic mass is 32.1. The molecule has 4 nitrogen and oxygen atoms in total. The number of nitrogens with zero attached hydrogens (tertiary/aromatic N) is 1. The van der Waals surface area contributed by atoms with Crippen LogP contribution in [0.2, 0.25) is 0 Å². The van der Waals surface area contributed by atoms with Crippen molar-refractivity contribution in [2.24, 2.45) is 0 Å². The van der Waals surface area contributed by atoms with Crippen molar-refractivity contribution in [1.82, 2.24) is 10.2 Å². The number of carboxylic acid groups (broad SMARTS) is 1. The van der Waals surface area contributed by atoms with Crippen molar-refractivity contribution in [3.05, 3.63) is 21.4 Å². The van der Waals surface area contributed by atoms with E-state index in [0.717, 1.165) is 36.6 Å². The number of carboxylic acids is 1. The van der Waals surface area contributed by atoms with E-state index in [1.165, 1.54) is 11.3 Å². The van der Waals surface area contributed by atoms with E-state index >= 15 is 0 Å². The lowest BCUT2D eigenvalue weighted by atomic mass is 10.2. The van der Waals surface area contributed by atoms with E-state index in [1.54, 1.807) is 6.07 Å². The highest BCUT2D eigenvalue weighted by Gasteiger charge is 2.10. The molecule has 0 aliphatic rings. The van der Waals surface area contributed by atoms with Crippen molar-refractivity contribution in [1.29, 1.82) is 0 Å². The van der Waals surface area contributed by atoms with E-state index in [4.69, 9.17) is 5.11 Å². The fraction of sp³-hybridized carbons (Fsp3) is 0.583. The third kappa shape index (κ3) is 4.46. The zero-order chi connectivity index (χ0) is 12.8. The summed E-state index contributed by atoms with van der Waals surface area (Å²) in [5.41, 5.74) is 1.09. The zero-order valence-corrected chi connectivity index (χ0v) is 11.4. The highest BCUT2D eigenvalue weighted by Crippen LogP contribution is 2.21. The molecule has 0 saturated heterocycles. The van der Waals surface area contributed by atoms with E-state index in [1.807, 2.05) is 6.92 Å². The lowest BCUT2D eigenvalue weighted by molar-refractivity contribution is 0.0702. The van der Waals surface area contributed by atoms with E-state index < -0.39 is 5.97 Å². The Bertz CT molecular complexity index is 377. The van der Waals surface area contributed by atoms with Crippen LogP contribution in [0.1, 0.15) is 27.0 Å². The van der Waals surface area contributed by atoms with E-state index in [-0.39, 0.29) is 0 Å². The first-order valence-corrected chi connectivity index (χ1v) is 6.58. The Morgan fingerprint density at radius 3 is 2.82 bits per heavy atom. The molecule has 1 rings (SSSR count). The van der Waals surface area contributed by atoms with Gasteiger partial charge in [-0.15, -0.1) is 11.3 Å². The minimum Gasteiger partial charge on any atom is -0.477 e. The SMILES string of the molecule is CCN(C)CCNCc1cc(C(=O)O)sc1C. The van der Waals surface area contributed by atoms with Crippen LogP contribution >= 0.6 is 11.3 Å². The number of thiophene rings is 1. The highest BCUT2D eigenvalue weighted by molar-refractivity contribution is 7.14. The van der Waals surface area contributed by atoms with Crippen LogP contribution in [0.3, 0.4) is 0 Å². The van der Waals surface area contributed by atoms with Gasteiger partial charge >= 0.3 is 5.97 Å². The molecule has 0 unspecified atom stereocenters. The summed E-state index contributed by atoms with van der Waals surface area (Å²) >= 11 is 1.34.